The van der Waals surface area contributed by atoms with Crippen LogP contribution in [0, 0.1) is 56.7 Å². The molecule has 57 heavy (non-hydrogen) atoms. The van der Waals surface area contributed by atoms with Crippen molar-refractivity contribution in [2.24, 2.45) is 45.3 Å². The highest BCUT2D eigenvalue weighted by molar-refractivity contribution is 5.85. The Kier molecular flexibility index (Phi) is 12.5. The van der Waals surface area contributed by atoms with E-state index in [1.807, 2.05) is 62.3 Å². The number of carbonyl (C=O) groups is 4. The molecule has 7 aliphatic carbocycles. The smallest absolute Gasteiger partial charge is 0.327 e. The first kappa shape index (κ1) is 45.4. The van der Waals surface area contributed by atoms with Crippen LogP contribution in [-0.2, 0) is 38.1 Å². The third-order valence-corrected chi connectivity index (χ3v) is 15.5. The standard InChI is InChI=1S/C16H26O4.C15H19NO4.C15H28O2/c1-4-13(2,3)12(17)20-16-7-11-5-14(18,9-16)8-15(19,6-11)10-16;1-4-14(2,3)12(17)19-10-8-5-9-11(10)20-13(18)15(9,6-8)7-16;1-6-14(2,3)13(16)17-15(4,5)12-10-8-7-9-11-12/h11,18-19H,4-10H2,1-3H3;8-11H,4-6H2,1-3H3;12H,6-11H2,1-5H3. The van der Waals surface area contributed by atoms with E-state index in [0.717, 1.165) is 38.5 Å². The molecular formula is C46H73NO10. The second-order valence-corrected chi connectivity index (χ2v) is 21.7. The Morgan fingerprint density at radius 2 is 1.30 bits per heavy atom. The molecule has 0 amide bonds. The molecule has 7 saturated carbocycles. The summed E-state index contributed by atoms with van der Waals surface area (Å²) >= 11 is 0. The topological polar surface area (TPSA) is 169 Å². The van der Waals surface area contributed by atoms with Crippen LogP contribution in [0.25, 0.3) is 0 Å². The highest BCUT2D eigenvalue weighted by Gasteiger charge is 2.72. The molecule has 0 radical (unpaired) electrons. The van der Waals surface area contributed by atoms with Gasteiger partial charge in [-0.15, -0.1) is 0 Å². The lowest BCUT2D eigenvalue weighted by Crippen LogP contribution is -2.67. The summed E-state index contributed by atoms with van der Waals surface area (Å²) in [6.07, 6.45) is 12.7. The number of fused-ring (bicyclic) bond motifs is 1. The molecule has 0 spiro atoms. The predicted octanol–water partition coefficient (Wildman–Crippen LogP) is 8.30. The van der Waals surface area contributed by atoms with Crippen molar-refractivity contribution in [1.82, 2.24) is 0 Å². The lowest BCUT2D eigenvalue weighted by Gasteiger charge is -2.62. The monoisotopic (exact) mass is 800 g/mol. The van der Waals surface area contributed by atoms with E-state index in [4.69, 9.17) is 18.9 Å². The van der Waals surface area contributed by atoms with Gasteiger partial charge in [0.25, 0.3) is 0 Å². The maximum Gasteiger partial charge on any atom is 0.327 e. The lowest BCUT2D eigenvalue weighted by molar-refractivity contribution is -0.264. The molecule has 8 aliphatic rings. The Hall–Kier alpha value is -2.71. The zero-order chi connectivity index (χ0) is 42.6. The van der Waals surface area contributed by atoms with E-state index in [0.29, 0.717) is 38.0 Å². The number of hydrogen-bond acceptors (Lipinski definition) is 11. The van der Waals surface area contributed by atoms with Crippen molar-refractivity contribution in [2.45, 2.75) is 214 Å². The van der Waals surface area contributed by atoms with Gasteiger partial charge >= 0.3 is 23.9 Å². The van der Waals surface area contributed by atoms with Gasteiger partial charge in [-0.2, -0.15) is 5.26 Å². The summed E-state index contributed by atoms with van der Waals surface area (Å²) < 4.78 is 22.7. The Labute approximate surface area is 341 Å². The number of esters is 4. The number of nitriles is 1. The van der Waals surface area contributed by atoms with Crippen molar-refractivity contribution in [3.8, 4) is 6.07 Å². The second kappa shape index (κ2) is 15.7. The lowest BCUT2D eigenvalue weighted by atomic mass is 9.50. The van der Waals surface area contributed by atoms with E-state index in [-0.39, 0.29) is 52.8 Å². The maximum absolute atomic E-state index is 12.4. The maximum atomic E-state index is 12.4. The summed E-state index contributed by atoms with van der Waals surface area (Å²) in [6.45, 7) is 21.5. The molecule has 0 aromatic heterocycles. The molecule has 7 atom stereocenters. The van der Waals surface area contributed by atoms with Gasteiger partial charge in [0.1, 0.15) is 23.4 Å². The normalized spacial score (nSPS) is 36.6. The van der Waals surface area contributed by atoms with Crippen LogP contribution in [0.2, 0.25) is 0 Å². The molecule has 0 aromatic rings. The summed E-state index contributed by atoms with van der Waals surface area (Å²) in [4.78, 5) is 48.7. The first-order valence-electron chi connectivity index (χ1n) is 22.0. The number of nitrogens with zero attached hydrogens (tertiary/aromatic N) is 1. The summed E-state index contributed by atoms with van der Waals surface area (Å²) in [5.74, 6) is -0.134. The van der Waals surface area contributed by atoms with Gasteiger partial charge in [-0.3, -0.25) is 19.2 Å². The van der Waals surface area contributed by atoms with E-state index in [2.05, 4.69) is 19.9 Å². The first-order valence-corrected chi connectivity index (χ1v) is 22.0. The molecule has 6 bridgehead atoms. The second-order valence-electron chi connectivity index (χ2n) is 21.7. The molecular weight excluding hydrogens is 727 g/mol. The van der Waals surface area contributed by atoms with Gasteiger partial charge < -0.3 is 29.2 Å². The fourth-order valence-corrected chi connectivity index (χ4v) is 11.0. The van der Waals surface area contributed by atoms with Gasteiger partial charge in [0.2, 0.25) is 0 Å². The van der Waals surface area contributed by atoms with Gasteiger partial charge in [0, 0.05) is 31.1 Å². The third kappa shape index (κ3) is 8.93. The van der Waals surface area contributed by atoms with Crippen molar-refractivity contribution in [2.75, 3.05) is 0 Å². The largest absolute Gasteiger partial charge is 0.459 e. The zero-order valence-electron chi connectivity index (χ0n) is 36.9. The third-order valence-electron chi connectivity index (χ3n) is 15.5. The summed E-state index contributed by atoms with van der Waals surface area (Å²) in [5.41, 5.74) is -5.00. The molecule has 1 heterocycles. The highest BCUT2D eigenvalue weighted by Crippen LogP contribution is 2.63. The van der Waals surface area contributed by atoms with Crippen LogP contribution in [0.5, 0.6) is 0 Å². The molecule has 1 aliphatic heterocycles. The molecule has 11 heteroatoms. The van der Waals surface area contributed by atoms with E-state index in [9.17, 15) is 34.7 Å². The Bertz CT molecular complexity index is 1570. The van der Waals surface area contributed by atoms with Crippen LogP contribution in [0.1, 0.15) is 179 Å². The van der Waals surface area contributed by atoms with E-state index >= 15 is 0 Å². The SMILES string of the molecule is CCC(C)(C)C(=O)OC(C)(C)C1CCCCC1.CCC(C)(C)C(=O)OC12CC3CC(O)(CC(O)(C3)C1)C2.CCC(C)(C)C(=O)OC1C2CC3C1OC(=O)C3(C#N)C2. The summed E-state index contributed by atoms with van der Waals surface area (Å²) in [5, 5.41) is 30.6. The number of carbonyl (C=O) groups excluding carboxylic acids is 4. The van der Waals surface area contributed by atoms with Gasteiger partial charge in [-0.25, -0.2) is 0 Å². The molecule has 8 rings (SSSR count). The minimum atomic E-state index is -0.974. The molecule has 322 valence electrons. The van der Waals surface area contributed by atoms with E-state index in [1.165, 1.54) is 32.1 Å². The molecule has 7 unspecified atom stereocenters. The number of rotatable bonds is 10. The van der Waals surface area contributed by atoms with Crippen molar-refractivity contribution in [3.63, 3.8) is 0 Å². The highest BCUT2D eigenvalue weighted by atomic mass is 16.6. The van der Waals surface area contributed by atoms with Crippen LogP contribution in [0.4, 0.5) is 0 Å². The fourth-order valence-electron chi connectivity index (χ4n) is 11.0. The van der Waals surface area contributed by atoms with Crippen LogP contribution in [-0.4, -0.2) is 68.7 Å². The van der Waals surface area contributed by atoms with Crippen molar-refractivity contribution >= 4 is 23.9 Å². The summed E-state index contributed by atoms with van der Waals surface area (Å²) in [7, 11) is 0. The predicted molar refractivity (Wildman–Crippen MR) is 213 cm³/mol. The molecule has 2 N–H and O–H groups in total. The average molecular weight is 800 g/mol. The van der Waals surface area contributed by atoms with Gasteiger partial charge in [0.05, 0.1) is 33.5 Å². The van der Waals surface area contributed by atoms with Crippen molar-refractivity contribution in [3.05, 3.63) is 0 Å². The van der Waals surface area contributed by atoms with Crippen LogP contribution in [0.15, 0.2) is 0 Å². The molecule has 11 nitrogen and oxygen atoms in total. The Balaban J connectivity index is 0.000000164. The summed E-state index contributed by atoms with van der Waals surface area (Å²) in [6, 6.07) is 2.15. The van der Waals surface area contributed by atoms with E-state index in [1.54, 1.807) is 0 Å². The van der Waals surface area contributed by atoms with Gasteiger partial charge in [-0.05, 0) is 131 Å². The molecule has 0 aromatic carbocycles. The minimum absolute atomic E-state index is 0.0458. The minimum Gasteiger partial charge on any atom is -0.459 e. The number of aliphatic hydroxyl groups is 2. The molecule has 8 fully saturated rings. The molecule has 1 saturated heterocycles. The van der Waals surface area contributed by atoms with Crippen molar-refractivity contribution < 1.29 is 48.3 Å². The zero-order valence-corrected chi connectivity index (χ0v) is 36.9. The Morgan fingerprint density at radius 1 is 0.772 bits per heavy atom. The van der Waals surface area contributed by atoms with Crippen LogP contribution >= 0.6 is 0 Å². The van der Waals surface area contributed by atoms with Gasteiger partial charge in [0.15, 0.2) is 5.41 Å². The average Bonchev–Trinajstić information content (AvgIpc) is 3.73. The number of hydrogen-bond donors (Lipinski definition) is 2. The van der Waals surface area contributed by atoms with Crippen LogP contribution in [0.3, 0.4) is 0 Å². The van der Waals surface area contributed by atoms with Crippen molar-refractivity contribution in [1.29, 1.82) is 5.26 Å². The number of ether oxygens (including phenoxy) is 4. The first-order chi connectivity index (χ1) is 26.2. The fraction of sp³-hybridized carbons (Fsp3) is 0.891. The van der Waals surface area contributed by atoms with Crippen LogP contribution < -0.4 is 0 Å². The quantitative estimate of drug-likeness (QED) is 0.161. The Morgan fingerprint density at radius 3 is 1.81 bits per heavy atom. The van der Waals surface area contributed by atoms with Gasteiger partial charge in [-0.1, -0.05) is 40.0 Å². The van der Waals surface area contributed by atoms with E-state index < -0.39 is 45.1 Å².